The first-order valence-electron chi connectivity index (χ1n) is 13.4. The molecule has 16 nitrogen and oxygen atoms in total. The Morgan fingerprint density at radius 2 is 1.64 bits per heavy atom. The largest absolute Gasteiger partial charge is 0.394 e. The second-order valence-corrected chi connectivity index (χ2v) is 10.5. The minimum atomic E-state index is -1.54. The number of hydrogen-bond donors (Lipinski definition) is 11. The van der Waals surface area contributed by atoms with Crippen molar-refractivity contribution >= 4 is 5.91 Å². The maximum atomic E-state index is 12.7. The third kappa shape index (κ3) is 7.81. The van der Waals surface area contributed by atoms with Gasteiger partial charge in [-0.05, 0) is 38.6 Å². The number of carbonyl (C=O) groups excluding carboxylic acids is 1. The lowest BCUT2D eigenvalue weighted by atomic mass is 9.83. The lowest BCUT2D eigenvalue weighted by molar-refractivity contribution is -0.314. The minimum Gasteiger partial charge on any atom is -0.394 e. The summed E-state index contributed by atoms with van der Waals surface area (Å²) in [7, 11) is 0. The van der Waals surface area contributed by atoms with Crippen LogP contribution in [0.4, 0.5) is 0 Å². The van der Waals surface area contributed by atoms with Crippen molar-refractivity contribution in [1.29, 1.82) is 0 Å². The van der Waals surface area contributed by atoms with Crippen molar-refractivity contribution in [2.24, 2.45) is 28.7 Å². The smallest absolute Gasteiger partial charge is 0.249 e. The number of nitrogens with one attached hydrogen (secondary N) is 1. The molecule has 2 aliphatic heterocycles. The highest BCUT2D eigenvalue weighted by Gasteiger charge is 2.51. The maximum absolute atomic E-state index is 12.7. The molecular formula is C23H46N6O10. The number of amides is 1. The van der Waals surface area contributed by atoms with Crippen LogP contribution in [-0.2, 0) is 23.7 Å². The summed E-state index contributed by atoms with van der Waals surface area (Å²) in [5.41, 5.74) is 29.6. The topological polar surface area (TPSA) is 297 Å². The van der Waals surface area contributed by atoms with Crippen LogP contribution in [-0.4, -0.2) is 137 Å². The predicted molar refractivity (Wildman–Crippen MR) is 135 cm³/mol. The Labute approximate surface area is 227 Å². The van der Waals surface area contributed by atoms with Crippen molar-refractivity contribution < 1.29 is 49.3 Å². The van der Waals surface area contributed by atoms with Gasteiger partial charge in [-0.25, -0.2) is 0 Å². The molecular weight excluding hydrogens is 520 g/mol. The summed E-state index contributed by atoms with van der Waals surface area (Å²) in [5.74, 6) is -0.727. The van der Waals surface area contributed by atoms with Gasteiger partial charge in [-0.15, -0.1) is 0 Å². The van der Waals surface area contributed by atoms with Crippen LogP contribution in [0.5, 0.6) is 0 Å². The average Bonchev–Trinajstić information content (AvgIpc) is 2.92. The van der Waals surface area contributed by atoms with Gasteiger partial charge in [-0.1, -0.05) is 0 Å². The van der Waals surface area contributed by atoms with Gasteiger partial charge in [0.25, 0.3) is 0 Å². The van der Waals surface area contributed by atoms with Crippen LogP contribution in [0.1, 0.15) is 32.1 Å². The van der Waals surface area contributed by atoms with Crippen LogP contribution in [0.15, 0.2) is 0 Å². The second kappa shape index (κ2) is 14.7. The molecule has 0 bridgehead atoms. The summed E-state index contributed by atoms with van der Waals surface area (Å²) in [6, 6.07) is -3.52. The minimum absolute atomic E-state index is 0.0327. The SMILES string of the molecule is NCCC[C@H](O)C(=O)N[C@@H]1C[C@H](N)C(O[C@@H]2OC(CN)CCC2N)C(O)[C@@H]1O[C@@H]1OC(CO)[C@H](O)[C@H](N)C1O. The number of rotatable bonds is 11. The fraction of sp³-hybridized carbons (Fsp3) is 0.957. The number of carbonyl (C=O) groups is 1. The molecule has 2 heterocycles. The second-order valence-electron chi connectivity index (χ2n) is 10.5. The molecule has 1 amide bonds. The van der Waals surface area contributed by atoms with E-state index in [-0.39, 0.29) is 32.0 Å². The van der Waals surface area contributed by atoms with E-state index in [9.17, 15) is 30.3 Å². The summed E-state index contributed by atoms with van der Waals surface area (Å²) >= 11 is 0. The molecule has 0 radical (unpaired) electrons. The summed E-state index contributed by atoms with van der Waals surface area (Å²) < 4.78 is 23.3. The molecule has 1 saturated carbocycles. The van der Waals surface area contributed by atoms with Gasteiger partial charge in [0.15, 0.2) is 12.6 Å². The third-order valence-corrected chi connectivity index (χ3v) is 7.61. The van der Waals surface area contributed by atoms with Crippen LogP contribution >= 0.6 is 0 Å². The zero-order valence-corrected chi connectivity index (χ0v) is 21.9. The van der Waals surface area contributed by atoms with Gasteiger partial charge in [0.1, 0.15) is 42.7 Å². The zero-order valence-electron chi connectivity index (χ0n) is 21.9. The van der Waals surface area contributed by atoms with Crippen LogP contribution in [0, 0.1) is 0 Å². The Kier molecular flexibility index (Phi) is 12.2. The van der Waals surface area contributed by atoms with Crippen molar-refractivity contribution in [2.75, 3.05) is 19.7 Å². The molecule has 0 aromatic carbocycles. The highest BCUT2D eigenvalue weighted by atomic mass is 16.7. The van der Waals surface area contributed by atoms with Crippen molar-refractivity contribution in [3.63, 3.8) is 0 Å². The highest BCUT2D eigenvalue weighted by molar-refractivity contribution is 5.80. The highest BCUT2D eigenvalue weighted by Crippen LogP contribution is 2.31. The summed E-state index contributed by atoms with van der Waals surface area (Å²) in [6.07, 6.45) is -10.2. The molecule has 14 atom stereocenters. The standard InChI is InChI=1S/C23H46N6O10/c24-5-1-2-13(31)21(35)29-12-6-11(27)19(38-22-10(26)4-3-9(7-25)36-22)18(34)20(12)39-23-17(33)15(28)16(32)14(8-30)37-23/h9-20,22-23,30-34H,1-8,24-28H2,(H,29,35)/t9?,10?,11-,12+,13-,14?,15-,16-,17?,18?,19?,20+,22-,23-/m0/s1. The Bertz CT molecular complexity index is 771. The molecule has 0 spiro atoms. The third-order valence-electron chi connectivity index (χ3n) is 7.61. The van der Waals surface area contributed by atoms with Gasteiger partial charge in [-0.2, -0.15) is 0 Å². The van der Waals surface area contributed by atoms with E-state index in [0.29, 0.717) is 19.3 Å². The molecule has 16 N–H and O–H groups in total. The summed E-state index contributed by atoms with van der Waals surface area (Å²) in [6.45, 7) is -0.0707. The lowest BCUT2D eigenvalue weighted by Crippen LogP contribution is -2.69. The molecule has 0 aromatic heterocycles. The van der Waals surface area contributed by atoms with Crippen LogP contribution in [0.2, 0.25) is 0 Å². The van der Waals surface area contributed by atoms with E-state index >= 15 is 0 Å². The maximum Gasteiger partial charge on any atom is 0.249 e. The predicted octanol–water partition coefficient (Wildman–Crippen LogP) is -6.01. The van der Waals surface area contributed by atoms with E-state index in [0.717, 1.165) is 0 Å². The average molecular weight is 567 g/mol. The lowest BCUT2D eigenvalue weighted by Gasteiger charge is -2.48. The number of hydrogen-bond acceptors (Lipinski definition) is 15. The van der Waals surface area contributed by atoms with E-state index in [4.69, 9.17) is 47.6 Å². The van der Waals surface area contributed by atoms with Gasteiger partial charge in [0.2, 0.25) is 5.91 Å². The molecule has 3 fully saturated rings. The van der Waals surface area contributed by atoms with Gasteiger partial charge < -0.3 is 78.5 Å². The normalized spacial score (nSPS) is 44.1. The van der Waals surface area contributed by atoms with Crippen molar-refractivity contribution in [1.82, 2.24) is 5.32 Å². The number of nitrogens with two attached hydrogens (primary N) is 5. The van der Waals surface area contributed by atoms with Crippen molar-refractivity contribution in [2.45, 2.75) is 118 Å². The number of ether oxygens (including phenoxy) is 4. The first-order valence-corrected chi connectivity index (χ1v) is 13.4. The number of aliphatic hydroxyl groups excluding tert-OH is 5. The van der Waals surface area contributed by atoms with E-state index in [1.807, 2.05) is 0 Å². The van der Waals surface area contributed by atoms with Gasteiger partial charge in [0.05, 0.1) is 30.8 Å². The fourth-order valence-corrected chi connectivity index (χ4v) is 5.18. The molecule has 228 valence electrons. The Balaban J connectivity index is 1.81. The molecule has 2 saturated heterocycles. The molecule has 16 heteroatoms. The van der Waals surface area contributed by atoms with Crippen molar-refractivity contribution in [3.05, 3.63) is 0 Å². The van der Waals surface area contributed by atoms with Gasteiger partial charge in [0, 0.05) is 12.6 Å². The summed E-state index contributed by atoms with van der Waals surface area (Å²) in [5, 5.41) is 54.7. The quantitative estimate of drug-likeness (QED) is 0.111. The van der Waals surface area contributed by atoms with Gasteiger partial charge >= 0.3 is 0 Å². The Morgan fingerprint density at radius 3 is 2.28 bits per heavy atom. The van der Waals surface area contributed by atoms with E-state index in [1.165, 1.54) is 0 Å². The van der Waals surface area contributed by atoms with E-state index < -0.39 is 92.0 Å². The van der Waals surface area contributed by atoms with E-state index in [1.54, 1.807) is 0 Å². The Morgan fingerprint density at radius 1 is 0.949 bits per heavy atom. The first kappa shape index (κ1) is 32.4. The molecule has 1 aliphatic carbocycles. The monoisotopic (exact) mass is 566 g/mol. The number of aliphatic hydroxyl groups is 5. The summed E-state index contributed by atoms with van der Waals surface area (Å²) in [4.78, 5) is 12.7. The molecule has 39 heavy (non-hydrogen) atoms. The van der Waals surface area contributed by atoms with E-state index in [2.05, 4.69) is 5.32 Å². The van der Waals surface area contributed by atoms with Crippen LogP contribution in [0.3, 0.4) is 0 Å². The molecule has 6 unspecified atom stereocenters. The zero-order chi connectivity index (χ0) is 28.9. The molecule has 0 aromatic rings. The fourth-order valence-electron chi connectivity index (χ4n) is 5.18. The first-order chi connectivity index (χ1) is 18.5. The van der Waals surface area contributed by atoms with Gasteiger partial charge in [-0.3, -0.25) is 4.79 Å². The van der Waals surface area contributed by atoms with Crippen molar-refractivity contribution in [3.8, 4) is 0 Å². The van der Waals surface area contributed by atoms with Crippen LogP contribution < -0.4 is 34.0 Å². The van der Waals surface area contributed by atoms with Crippen LogP contribution in [0.25, 0.3) is 0 Å². The molecule has 3 aliphatic rings. The Hall–Kier alpha value is -1.09. The molecule has 3 rings (SSSR count).